The Morgan fingerprint density at radius 2 is 1.83 bits per heavy atom. The van der Waals surface area contributed by atoms with Crippen molar-refractivity contribution < 1.29 is 18.9 Å². The van der Waals surface area contributed by atoms with Crippen molar-refractivity contribution in [2.24, 2.45) is 0 Å². The summed E-state index contributed by atoms with van der Waals surface area (Å²) in [5, 5.41) is 6.46. The molecule has 3 amide bonds. The zero-order valence-corrected chi connectivity index (χ0v) is 16.6. The summed E-state index contributed by atoms with van der Waals surface area (Å²) < 4.78 is 5.06. The number of aromatic nitrogens is 2. The number of carbonyl (C=O) groups excluding carboxylic acids is 3. The van der Waals surface area contributed by atoms with Crippen LogP contribution in [0.2, 0.25) is 0 Å². The molecule has 0 spiro atoms. The molecule has 0 fully saturated rings. The lowest BCUT2D eigenvalue weighted by molar-refractivity contribution is 0.0656. The van der Waals surface area contributed by atoms with Gasteiger partial charge in [-0.2, -0.15) is 4.98 Å². The molecule has 0 bridgehead atoms. The van der Waals surface area contributed by atoms with E-state index in [9.17, 15) is 14.4 Å². The van der Waals surface area contributed by atoms with Gasteiger partial charge in [-0.1, -0.05) is 35.5 Å². The zero-order valence-electron chi connectivity index (χ0n) is 16.6. The van der Waals surface area contributed by atoms with Crippen molar-refractivity contribution in [3.63, 3.8) is 0 Å². The Bertz CT molecular complexity index is 1120. The summed E-state index contributed by atoms with van der Waals surface area (Å²) in [6, 6.07) is 13.7. The van der Waals surface area contributed by atoms with Crippen molar-refractivity contribution in [1.82, 2.24) is 20.4 Å². The van der Waals surface area contributed by atoms with Gasteiger partial charge in [0.05, 0.1) is 11.1 Å². The molecule has 1 unspecified atom stereocenters. The van der Waals surface area contributed by atoms with Gasteiger partial charge in [-0.25, -0.2) is 0 Å². The Balaban J connectivity index is 1.47. The van der Waals surface area contributed by atoms with Crippen LogP contribution in [-0.4, -0.2) is 39.3 Å². The van der Waals surface area contributed by atoms with Crippen LogP contribution >= 0.6 is 0 Å². The average Bonchev–Trinajstić information content (AvgIpc) is 3.29. The first-order chi connectivity index (χ1) is 14.4. The maximum absolute atomic E-state index is 12.8. The number of fused-ring (bicyclic) bond motifs is 1. The molecule has 0 saturated carbocycles. The van der Waals surface area contributed by atoms with Crippen molar-refractivity contribution in [2.45, 2.75) is 26.3 Å². The topological polar surface area (TPSA) is 105 Å². The number of rotatable bonds is 6. The first-order valence-corrected chi connectivity index (χ1v) is 9.59. The Labute approximate surface area is 172 Å². The largest absolute Gasteiger partial charge is 0.341 e. The fourth-order valence-corrected chi connectivity index (χ4v) is 3.35. The Morgan fingerprint density at radius 3 is 2.53 bits per heavy atom. The molecular weight excluding hydrogens is 384 g/mol. The van der Waals surface area contributed by atoms with Crippen LogP contribution in [0, 0.1) is 6.92 Å². The van der Waals surface area contributed by atoms with Gasteiger partial charge in [-0.15, -0.1) is 0 Å². The van der Waals surface area contributed by atoms with Crippen molar-refractivity contribution in [3.05, 3.63) is 82.5 Å². The van der Waals surface area contributed by atoms with Gasteiger partial charge in [0.25, 0.3) is 17.7 Å². The molecule has 4 rings (SSSR count). The molecule has 8 heteroatoms. The van der Waals surface area contributed by atoms with E-state index in [-0.39, 0.29) is 29.5 Å². The maximum Gasteiger partial charge on any atom is 0.261 e. The van der Waals surface area contributed by atoms with Crippen molar-refractivity contribution in [3.8, 4) is 0 Å². The number of amides is 3. The van der Waals surface area contributed by atoms with Crippen LogP contribution < -0.4 is 5.32 Å². The predicted molar refractivity (Wildman–Crippen MR) is 107 cm³/mol. The summed E-state index contributed by atoms with van der Waals surface area (Å²) in [5.41, 5.74) is 1.87. The van der Waals surface area contributed by atoms with Crippen LogP contribution in [0.25, 0.3) is 0 Å². The molecule has 30 heavy (non-hydrogen) atoms. The number of hydrogen-bond acceptors (Lipinski definition) is 6. The lowest BCUT2D eigenvalue weighted by Crippen LogP contribution is -2.31. The second kappa shape index (κ2) is 7.90. The number of aryl methyl sites for hydroxylation is 1. The van der Waals surface area contributed by atoms with Gasteiger partial charge in [0.2, 0.25) is 5.89 Å². The fraction of sp³-hybridized carbons (Fsp3) is 0.227. The average molecular weight is 404 g/mol. The lowest BCUT2D eigenvalue weighted by Gasteiger charge is -2.13. The van der Waals surface area contributed by atoms with Crippen LogP contribution in [0.15, 0.2) is 53.1 Å². The third kappa shape index (κ3) is 3.71. The predicted octanol–water partition coefficient (Wildman–Crippen LogP) is 2.71. The van der Waals surface area contributed by atoms with E-state index in [0.717, 1.165) is 5.56 Å². The van der Waals surface area contributed by atoms with Gasteiger partial charge >= 0.3 is 0 Å². The molecule has 0 aliphatic carbocycles. The molecule has 1 aliphatic rings. The molecule has 8 nitrogen and oxygen atoms in total. The van der Waals surface area contributed by atoms with Crippen molar-refractivity contribution in [2.75, 3.05) is 6.54 Å². The smallest absolute Gasteiger partial charge is 0.261 e. The molecule has 1 aliphatic heterocycles. The molecule has 152 valence electrons. The quantitative estimate of drug-likeness (QED) is 0.633. The molecule has 0 saturated heterocycles. The van der Waals surface area contributed by atoms with Crippen molar-refractivity contribution in [1.29, 1.82) is 0 Å². The monoisotopic (exact) mass is 404 g/mol. The number of carbonyl (C=O) groups is 3. The van der Waals surface area contributed by atoms with Gasteiger partial charge < -0.3 is 9.84 Å². The summed E-state index contributed by atoms with van der Waals surface area (Å²) >= 11 is 0. The Morgan fingerprint density at radius 1 is 1.10 bits per heavy atom. The molecule has 3 aromatic rings. The zero-order chi connectivity index (χ0) is 21.3. The minimum atomic E-state index is -0.494. The molecule has 1 N–H and O–H groups in total. The second-order valence-electron chi connectivity index (χ2n) is 7.13. The van der Waals surface area contributed by atoms with Gasteiger partial charge in [0.15, 0.2) is 5.82 Å². The van der Waals surface area contributed by atoms with E-state index in [4.69, 9.17) is 4.52 Å². The second-order valence-corrected chi connectivity index (χ2v) is 7.13. The summed E-state index contributed by atoms with van der Waals surface area (Å²) in [4.78, 5) is 43.4. The first kappa shape index (κ1) is 19.5. The number of benzene rings is 2. The normalized spacial score (nSPS) is 14.0. The third-order valence-corrected chi connectivity index (χ3v) is 4.96. The Hall–Kier alpha value is -3.81. The molecule has 1 atom stereocenters. The van der Waals surface area contributed by atoms with Gasteiger partial charge in [-0.3, -0.25) is 19.3 Å². The molecular formula is C22H20N4O4. The van der Waals surface area contributed by atoms with Crippen LogP contribution in [0.3, 0.4) is 0 Å². The number of nitrogens with one attached hydrogen (secondary N) is 1. The maximum atomic E-state index is 12.8. The van der Waals surface area contributed by atoms with E-state index in [2.05, 4.69) is 15.5 Å². The highest BCUT2D eigenvalue weighted by molar-refractivity contribution is 6.22. The summed E-state index contributed by atoms with van der Waals surface area (Å²) in [7, 11) is 0. The number of hydrogen-bond donors (Lipinski definition) is 1. The molecule has 2 heterocycles. The lowest BCUT2D eigenvalue weighted by atomic mass is 10.1. The summed E-state index contributed by atoms with van der Waals surface area (Å²) in [6.07, 6.45) is 0.570. The van der Waals surface area contributed by atoms with E-state index in [0.29, 0.717) is 23.7 Å². The highest BCUT2D eigenvalue weighted by Crippen LogP contribution is 2.25. The van der Waals surface area contributed by atoms with Crippen LogP contribution in [0.5, 0.6) is 0 Å². The van der Waals surface area contributed by atoms with Gasteiger partial charge in [0.1, 0.15) is 6.04 Å². The van der Waals surface area contributed by atoms with E-state index >= 15 is 0 Å². The van der Waals surface area contributed by atoms with E-state index in [1.807, 2.05) is 30.3 Å². The Kier molecular flexibility index (Phi) is 5.14. The molecule has 2 aromatic carbocycles. The number of nitrogens with zero attached hydrogens (tertiary/aromatic N) is 3. The highest BCUT2D eigenvalue weighted by Gasteiger charge is 2.35. The minimum absolute atomic E-state index is 0.238. The summed E-state index contributed by atoms with van der Waals surface area (Å²) in [6.45, 7) is 3.69. The van der Waals surface area contributed by atoms with E-state index in [1.54, 1.807) is 13.8 Å². The van der Waals surface area contributed by atoms with E-state index < -0.39 is 11.9 Å². The van der Waals surface area contributed by atoms with E-state index in [1.165, 1.54) is 23.1 Å². The summed E-state index contributed by atoms with van der Waals surface area (Å²) in [5.74, 6) is -0.360. The highest BCUT2D eigenvalue weighted by atomic mass is 16.5. The van der Waals surface area contributed by atoms with Gasteiger partial charge in [-0.05, 0) is 44.0 Å². The van der Waals surface area contributed by atoms with Crippen molar-refractivity contribution >= 4 is 17.7 Å². The van der Waals surface area contributed by atoms with Crippen LogP contribution in [0.4, 0.5) is 0 Å². The first-order valence-electron chi connectivity index (χ1n) is 9.59. The standard InChI is InChI=1S/C22H20N4O4/c1-13(20-24-14(2)25-30-20)23-19(27)16-8-9-17-18(12-16)22(29)26(21(17)28)11-10-15-6-4-3-5-7-15/h3-9,12-13H,10-11H2,1-2H3,(H,23,27). The van der Waals surface area contributed by atoms with Crippen LogP contribution in [-0.2, 0) is 6.42 Å². The van der Waals surface area contributed by atoms with Gasteiger partial charge in [0, 0.05) is 12.1 Å². The molecule has 1 aromatic heterocycles. The minimum Gasteiger partial charge on any atom is -0.341 e. The third-order valence-electron chi connectivity index (χ3n) is 4.96. The fourth-order valence-electron chi connectivity index (χ4n) is 3.35. The van der Waals surface area contributed by atoms with Crippen LogP contribution in [0.1, 0.15) is 61.3 Å². The number of imide groups is 1. The SMILES string of the molecule is Cc1noc(C(C)NC(=O)c2ccc3c(c2)C(=O)N(CCc2ccccc2)C3=O)n1. The molecule has 0 radical (unpaired) electrons.